The van der Waals surface area contributed by atoms with E-state index in [0.29, 0.717) is 0 Å². The molecule has 0 radical (unpaired) electrons. The van der Waals surface area contributed by atoms with E-state index in [4.69, 9.17) is 10.00 Å². The summed E-state index contributed by atoms with van der Waals surface area (Å²) in [5, 5.41) is 18.0. The van der Waals surface area contributed by atoms with Crippen LogP contribution in [0.2, 0.25) is 0 Å². The Morgan fingerprint density at radius 3 is 2.68 bits per heavy atom. The number of aliphatic hydroxyl groups excluding tert-OH is 1. The summed E-state index contributed by atoms with van der Waals surface area (Å²) in [7, 11) is 0. The van der Waals surface area contributed by atoms with Crippen LogP contribution in [0, 0.1) is 11.3 Å². The molecule has 0 aliphatic carbocycles. The fraction of sp³-hybridized carbons (Fsp3) is 0.385. The minimum Gasteiger partial charge on any atom is -0.466 e. The molecule has 4 nitrogen and oxygen atoms in total. The van der Waals surface area contributed by atoms with Crippen LogP contribution in [0.4, 0.5) is 8.78 Å². The molecule has 0 aromatic heterocycles. The maximum absolute atomic E-state index is 12.9. The molecular formula is C13H13F2NO3. The van der Waals surface area contributed by atoms with Crippen LogP contribution in [0.3, 0.4) is 0 Å². The van der Waals surface area contributed by atoms with Gasteiger partial charge in [0.1, 0.15) is 0 Å². The highest BCUT2D eigenvalue weighted by atomic mass is 19.3. The van der Waals surface area contributed by atoms with Gasteiger partial charge in [-0.15, -0.1) is 0 Å². The van der Waals surface area contributed by atoms with E-state index in [9.17, 15) is 18.7 Å². The van der Waals surface area contributed by atoms with E-state index in [1.165, 1.54) is 6.07 Å². The van der Waals surface area contributed by atoms with Crippen LogP contribution in [0.1, 0.15) is 35.6 Å². The number of rotatable bonds is 5. The normalized spacial score (nSPS) is 10.3. The van der Waals surface area contributed by atoms with E-state index in [0.717, 1.165) is 6.07 Å². The predicted octanol–water partition coefficient (Wildman–Crippen LogP) is 2.09. The Hall–Kier alpha value is -2.00. The molecule has 102 valence electrons. The molecule has 0 saturated carbocycles. The number of nitrogens with zero attached hydrogens (tertiary/aromatic N) is 1. The summed E-state index contributed by atoms with van der Waals surface area (Å²) < 4.78 is 30.4. The van der Waals surface area contributed by atoms with E-state index in [2.05, 4.69) is 0 Å². The highest BCUT2D eigenvalue weighted by molar-refractivity contribution is 5.73. The first-order valence-electron chi connectivity index (χ1n) is 5.63. The Kier molecular flexibility index (Phi) is 5.39. The highest BCUT2D eigenvalue weighted by Crippen LogP contribution is 2.27. The number of halogens is 2. The third-order valence-corrected chi connectivity index (χ3v) is 2.54. The van der Waals surface area contributed by atoms with Crippen molar-refractivity contribution in [1.29, 1.82) is 5.26 Å². The first-order chi connectivity index (χ1) is 9.03. The summed E-state index contributed by atoms with van der Waals surface area (Å²) in [5.41, 5.74) is -0.245. The van der Waals surface area contributed by atoms with Crippen molar-refractivity contribution in [2.24, 2.45) is 0 Å². The lowest BCUT2D eigenvalue weighted by atomic mass is 9.96. The Balaban J connectivity index is 3.24. The molecule has 1 aromatic rings. The third-order valence-electron chi connectivity index (χ3n) is 2.54. The predicted molar refractivity (Wildman–Crippen MR) is 62.4 cm³/mol. The van der Waals surface area contributed by atoms with E-state index in [1.54, 1.807) is 13.0 Å². The molecule has 0 bridgehead atoms. The van der Waals surface area contributed by atoms with Gasteiger partial charge in [-0.05, 0) is 30.2 Å². The van der Waals surface area contributed by atoms with Gasteiger partial charge in [0.05, 0.1) is 31.3 Å². The molecule has 0 aliphatic rings. The SMILES string of the molecule is CCOC(=O)Cc1cc(C#N)cc(C(F)F)c1CO. The number of aliphatic hydroxyl groups is 1. The fourth-order valence-corrected chi connectivity index (χ4v) is 1.73. The van der Waals surface area contributed by atoms with Crippen LogP contribution in [0.25, 0.3) is 0 Å². The summed E-state index contributed by atoms with van der Waals surface area (Å²) in [5.74, 6) is -0.590. The molecule has 0 saturated heterocycles. The van der Waals surface area contributed by atoms with Gasteiger partial charge < -0.3 is 9.84 Å². The Morgan fingerprint density at radius 1 is 1.53 bits per heavy atom. The van der Waals surface area contributed by atoms with E-state index in [-0.39, 0.29) is 29.7 Å². The molecule has 1 N–H and O–H groups in total. The number of alkyl halides is 2. The molecule has 1 rings (SSSR count). The van der Waals surface area contributed by atoms with Crippen LogP contribution >= 0.6 is 0 Å². The Labute approximate surface area is 109 Å². The number of carbonyl (C=O) groups excluding carboxylic acids is 1. The molecule has 0 amide bonds. The summed E-state index contributed by atoms with van der Waals surface area (Å²) in [6.45, 7) is 1.17. The minimum atomic E-state index is -2.82. The minimum absolute atomic E-state index is 0.0202. The van der Waals surface area contributed by atoms with Crippen LogP contribution in [-0.2, 0) is 22.6 Å². The molecule has 19 heavy (non-hydrogen) atoms. The van der Waals surface area contributed by atoms with Crippen molar-refractivity contribution in [1.82, 2.24) is 0 Å². The van der Waals surface area contributed by atoms with Crippen LogP contribution in [-0.4, -0.2) is 17.7 Å². The summed E-state index contributed by atoms with van der Waals surface area (Å²) in [6.07, 6.45) is -3.07. The lowest BCUT2D eigenvalue weighted by molar-refractivity contribution is -0.142. The second kappa shape index (κ2) is 6.81. The molecule has 0 heterocycles. The van der Waals surface area contributed by atoms with Gasteiger partial charge in [0.15, 0.2) is 0 Å². The standard InChI is InChI=1S/C13H13F2NO3/c1-2-19-12(18)5-9-3-8(6-16)4-10(13(14)15)11(9)7-17/h3-4,13,17H,2,5,7H2,1H3. The lowest BCUT2D eigenvalue weighted by Gasteiger charge is -2.13. The molecular weight excluding hydrogens is 256 g/mol. The molecule has 6 heteroatoms. The zero-order chi connectivity index (χ0) is 14.4. The molecule has 0 unspecified atom stereocenters. The van der Waals surface area contributed by atoms with Gasteiger partial charge in [-0.1, -0.05) is 0 Å². The van der Waals surface area contributed by atoms with Crippen LogP contribution < -0.4 is 0 Å². The first-order valence-corrected chi connectivity index (χ1v) is 5.63. The average molecular weight is 269 g/mol. The van der Waals surface area contributed by atoms with Gasteiger partial charge in [-0.2, -0.15) is 5.26 Å². The molecule has 1 aromatic carbocycles. The molecule has 0 atom stereocenters. The van der Waals surface area contributed by atoms with Crippen molar-refractivity contribution in [3.8, 4) is 6.07 Å². The van der Waals surface area contributed by atoms with Gasteiger partial charge in [0, 0.05) is 5.56 Å². The molecule has 0 spiro atoms. The van der Waals surface area contributed by atoms with Gasteiger partial charge >= 0.3 is 5.97 Å². The zero-order valence-corrected chi connectivity index (χ0v) is 10.3. The Bertz CT molecular complexity index is 509. The number of ether oxygens (including phenoxy) is 1. The fourth-order valence-electron chi connectivity index (χ4n) is 1.73. The van der Waals surface area contributed by atoms with Gasteiger partial charge in [0.25, 0.3) is 6.43 Å². The largest absolute Gasteiger partial charge is 0.466 e. The van der Waals surface area contributed by atoms with Crippen molar-refractivity contribution in [3.05, 3.63) is 34.4 Å². The smallest absolute Gasteiger partial charge is 0.310 e. The van der Waals surface area contributed by atoms with E-state index < -0.39 is 24.6 Å². The number of hydrogen-bond acceptors (Lipinski definition) is 4. The second-order valence-electron chi connectivity index (χ2n) is 3.76. The topological polar surface area (TPSA) is 70.3 Å². The number of esters is 1. The van der Waals surface area contributed by atoms with Crippen molar-refractivity contribution in [3.63, 3.8) is 0 Å². The second-order valence-corrected chi connectivity index (χ2v) is 3.76. The van der Waals surface area contributed by atoms with Crippen molar-refractivity contribution in [2.45, 2.75) is 26.4 Å². The average Bonchev–Trinajstić information content (AvgIpc) is 2.37. The van der Waals surface area contributed by atoms with Gasteiger partial charge in [0.2, 0.25) is 0 Å². The summed E-state index contributed by atoms with van der Waals surface area (Å²) >= 11 is 0. The monoisotopic (exact) mass is 269 g/mol. The first kappa shape index (κ1) is 15.1. The van der Waals surface area contributed by atoms with E-state index in [1.807, 2.05) is 0 Å². The highest BCUT2D eigenvalue weighted by Gasteiger charge is 2.19. The van der Waals surface area contributed by atoms with E-state index >= 15 is 0 Å². The van der Waals surface area contributed by atoms with Crippen LogP contribution in [0.5, 0.6) is 0 Å². The number of hydrogen-bond donors (Lipinski definition) is 1. The van der Waals surface area contributed by atoms with Crippen molar-refractivity contribution in [2.75, 3.05) is 6.61 Å². The summed E-state index contributed by atoms with van der Waals surface area (Å²) in [4.78, 5) is 11.4. The maximum atomic E-state index is 12.9. The van der Waals surface area contributed by atoms with Gasteiger partial charge in [-0.25, -0.2) is 8.78 Å². The molecule has 0 aliphatic heterocycles. The maximum Gasteiger partial charge on any atom is 0.310 e. The number of carbonyl (C=O) groups is 1. The number of benzene rings is 1. The zero-order valence-electron chi connectivity index (χ0n) is 10.3. The van der Waals surface area contributed by atoms with Crippen LogP contribution in [0.15, 0.2) is 12.1 Å². The Morgan fingerprint density at radius 2 is 2.21 bits per heavy atom. The van der Waals surface area contributed by atoms with Gasteiger partial charge in [-0.3, -0.25) is 4.79 Å². The van der Waals surface area contributed by atoms with Crippen molar-refractivity contribution >= 4 is 5.97 Å². The molecule has 0 fully saturated rings. The third kappa shape index (κ3) is 3.73. The summed E-state index contributed by atoms with van der Waals surface area (Å²) in [6, 6.07) is 4.08. The lowest BCUT2D eigenvalue weighted by Crippen LogP contribution is -2.11. The van der Waals surface area contributed by atoms with Crippen molar-refractivity contribution < 1.29 is 23.4 Å². The quantitative estimate of drug-likeness (QED) is 0.831. The number of nitriles is 1.